The number of hydrogen-bond donors (Lipinski definition) is 0. The Hall–Kier alpha value is 0.274. The van der Waals surface area contributed by atoms with E-state index in [9.17, 15) is 0 Å². The molecule has 0 aromatic rings. The van der Waals surface area contributed by atoms with E-state index in [-0.39, 0.29) is 0 Å². The van der Waals surface area contributed by atoms with Crippen LogP contribution in [0.3, 0.4) is 0 Å². The van der Waals surface area contributed by atoms with Crippen molar-refractivity contribution in [3.8, 4) is 0 Å². The molecule has 0 saturated carbocycles. The molecule has 102 valence electrons. The summed E-state index contributed by atoms with van der Waals surface area (Å²) in [5, 5.41) is 0. The third-order valence-electron chi connectivity index (χ3n) is 4.36. The molecule has 0 radical (unpaired) electrons. The van der Waals surface area contributed by atoms with Crippen LogP contribution in [0.2, 0.25) is 24.7 Å². The molecule has 0 amide bonds. The molecule has 1 rings (SSSR count). The van der Waals surface area contributed by atoms with E-state index < -0.39 is 17.0 Å². The highest BCUT2D eigenvalue weighted by Gasteiger charge is 2.45. The average Bonchev–Trinajstić information content (AvgIpc) is 2.34. The zero-order valence-electron chi connectivity index (χ0n) is 12.1. The smallest absolute Gasteiger partial charge is 0.377 e. The predicted molar refractivity (Wildman–Crippen MR) is 74.7 cm³/mol. The van der Waals surface area contributed by atoms with Gasteiger partial charge in [0.15, 0.2) is 0 Å². The molecule has 0 aromatic heterocycles. The van der Waals surface area contributed by atoms with Crippen LogP contribution in [-0.2, 0) is 13.3 Å². The fourth-order valence-electron chi connectivity index (χ4n) is 2.41. The van der Waals surface area contributed by atoms with Crippen molar-refractivity contribution in [2.24, 2.45) is 0 Å². The van der Waals surface area contributed by atoms with Gasteiger partial charge in [0.05, 0.1) is 0 Å². The molecular formula is C11H27NO3Si2. The Morgan fingerprint density at radius 3 is 2.06 bits per heavy atom. The van der Waals surface area contributed by atoms with Crippen LogP contribution in [0, 0.1) is 0 Å². The first-order chi connectivity index (χ1) is 7.91. The molecule has 0 N–H and O–H groups in total. The third-order valence-corrected chi connectivity index (χ3v) is 11.8. The maximum atomic E-state index is 5.43. The van der Waals surface area contributed by atoms with E-state index in [1.54, 1.807) is 21.3 Å². The monoisotopic (exact) mass is 277 g/mol. The summed E-state index contributed by atoms with van der Waals surface area (Å²) in [7, 11) is 1.62. The summed E-state index contributed by atoms with van der Waals surface area (Å²) in [6.45, 7) is 9.71. The minimum absolute atomic E-state index is 0.909. The minimum Gasteiger partial charge on any atom is -0.377 e. The van der Waals surface area contributed by atoms with Crippen molar-refractivity contribution in [2.45, 2.75) is 38.0 Å². The fourth-order valence-corrected chi connectivity index (χ4v) is 6.57. The lowest BCUT2D eigenvalue weighted by molar-refractivity contribution is 0.122. The molecule has 17 heavy (non-hydrogen) atoms. The Balaban J connectivity index is 2.33. The molecule has 6 heteroatoms. The molecule has 1 fully saturated rings. The fraction of sp³-hybridized carbons (Fsp3) is 1.00. The van der Waals surface area contributed by atoms with Crippen LogP contribution in [0.15, 0.2) is 0 Å². The number of nitrogens with zero attached hydrogens (tertiary/aromatic N) is 1. The maximum absolute atomic E-state index is 5.43. The van der Waals surface area contributed by atoms with Crippen LogP contribution in [0.5, 0.6) is 0 Å². The average molecular weight is 278 g/mol. The van der Waals surface area contributed by atoms with Gasteiger partial charge in [-0.3, -0.25) is 0 Å². The highest BCUT2D eigenvalue weighted by molar-refractivity contribution is 6.78. The van der Waals surface area contributed by atoms with Crippen LogP contribution in [0.4, 0.5) is 0 Å². The second-order valence-corrected chi connectivity index (χ2v) is 13.4. The summed E-state index contributed by atoms with van der Waals surface area (Å²) < 4.78 is 19.0. The van der Waals surface area contributed by atoms with E-state index in [4.69, 9.17) is 13.3 Å². The highest BCUT2D eigenvalue weighted by Crippen LogP contribution is 2.36. The quantitative estimate of drug-likeness (QED) is 0.667. The van der Waals surface area contributed by atoms with Gasteiger partial charge in [-0.05, 0) is 25.1 Å². The minimum atomic E-state index is -2.35. The largest absolute Gasteiger partial charge is 0.500 e. The van der Waals surface area contributed by atoms with E-state index in [0.717, 1.165) is 24.6 Å². The van der Waals surface area contributed by atoms with E-state index >= 15 is 0 Å². The summed E-state index contributed by atoms with van der Waals surface area (Å²) >= 11 is 0. The summed E-state index contributed by atoms with van der Waals surface area (Å²) in [4.78, 5) is 0. The Morgan fingerprint density at radius 1 is 1.18 bits per heavy atom. The van der Waals surface area contributed by atoms with Gasteiger partial charge >= 0.3 is 8.80 Å². The van der Waals surface area contributed by atoms with Crippen molar-refractivity contribution < 1.29 is 13.3 Å². The second kappa shape index (κ2) is 5.94. The molecule has 0 spiro atoms. The van der Waals surface area contributed by atoms with Crippen LogP contribution >= 0.6 is 0 Å². The Kier molecular flexibility index (Phi) is 5.36. The summed E-state index contributed by atoms with van der Waals surface area (Å²) in [5.74, 6) is 0. The van der Waals surface area contributed by atoms with Gasteiger partial charge in [0.25, 0.3) is 0 Å². The first kappa shape index (κ1) is 15.3. The standard InChI is InChI=1S/C11H27NO3Si2/c1-11-10-12(16(11,5)6)8-7-9-17(13-2,14-3)15-4/h11H,7-10H2,1-6H3. The van der Waals surface area contributed by atoms with E-state index in [1.807, 2.05) is 0 Å². The van der Waals surface area contributed by atoms with Gasteiger partial charge < -0.3 is 17.8 Å². The molecule has 1 unspecified atom stereocenters. The Bertz CT molecular complexity index is 239. The topological polar surface area (TPSA) is 30.9 Å². The molecule has 1 saturated heterocycles. The normalized spacial score (nSPS) is 24.7. The van der Waals surface area contributed by atoms with Crippen LogP contribution in [-0.4, -0.2) is 56.0 Å². The maximum Gasteiger partial charge on any atom is 0.500 e. The van der Waals surface area contributed by atoms with Gasteiger partial charge in [-0.15, -0.1) is 0 Å². The molecular weight excluding hydrogens is 250 g/mol. The molecule has 4 nitrogen and oxygen atoms in total. The van der Waals surface area contributed by atoms with Crippen LogP contribution < -0.4 is 0 Å². The van der Waals surface area contributed by atoms with Crippen LogP contribution in [0.25, 0.3) is 0 Å². The zero-order chi connectivity index (χ0) is 13.1. The van der Waals surface area contributed by atoms with Gasteiger partial charge in [-0.25, -0.2) is 0 Å². The molecule has 0 aliphatic carbocycles. The number of rotatable bonds is 7. The van der Waals surface area contributed by atoms with E-state index in [1.165, 1.54) is 6.54 Å². The first-order valence-electron chi connectivity index (χ1n) is 6.32. The van der Waals surface area contributed by atoms with Crippen molar-refractivity contribution in [3.05, 3.63) is 0 Å². The zero-order valence-corrected chi connectivity index (χ0v) is 14.1. The van der Waals surface area contributed by atoms with Crippen LogP contribution in [0.1, 0.15) is 13.3 Å². The molecule has 1 aliphatic heterocycles. The molecule has 0 bridgehead atoms. The van der Waals surface area contributed by atoms with Gasteiger partial charge in [0, 0.05) is 27.4 Å². The van der Waals surface area contributed by atoms with Gasteiger partial charge in [-0.2, -0.15) is 0 Å². The lowest BCUT2D eigenvalue weighted by Gasteiger charge is -2.52. The van der Waals surface area contributed by atoms with E-state index in [0.29, 0.717) is 0 Å². The SMILES string of the molecule is CO[Si](CCCN1CC(C)[Si]1(C)C)(OC)OC. The second-order valence-electron chi connectivity index (χ2n) is 5.40. The molecule has 1 atom stereocenters. The third kappa shape index (κ3) is 3.18. The Labute approximate surface area is 108 Å². The van der Waals surface area contributed by atoms with E-state index in [2.05, 4.69) is 24.6 Å². The van der Waals surface area contributed by atoms with Crippen molar-refractivity contribution in [1.29, 1.82) is 0 Å². The van der Waals surface area contributed by atoms with Gasteiger partial charge in [0.2, 0.25) is 0 Å². The lowest BCUT2D eigenvalue weighted by Crippen LogP contribution is -2.64. The van der Waals surface area contributed by atoms with Crippen molar-refractivity contribution in [1.82, 2.24) is 4.57 Å². The molecule has 0 aromatic carbocycles. The van der Waals surface area contributed by atoms with Crippen molar-refractivity contribution in [3.63, 3.8) is 0 Å². The summed E-state index contributed by atoms with van der Waals surface area (Å²) in [6, 6.07) is 0.909. The van der Waals surface area contributed by atoms with Gasteiger partial charge in [0.1, 0.15) is 8.24 Å². The first-order valence-corrected chi connectivity index (χ1v) is 11.3. The summed E-state index contributed by atoms with van der Waals surface area (Å²) in [6.07, 6.45) is 1.10. The molecule has 1 aliphatic rings. The lowest BCUT2D eigenvalue weighted by atomic mass is 10.4. The number of hydrogen-bond acceptors (Lipinski definition) is 4. The predicted octanol–water partition coefficient (Wildman–Crippen LogP) is 2.17. The van der Waals surface area contributed by atoms with Crippen molar-refractivity contribution >= 4 is 17.0 Å². The highest BCUT2D eigenvalue weighted by atomic mass is 28.4. The van der Waals surface area contributed by atoms with Gasteiger partial charge in [-0.1, -0.05) is 20.0 Å². The summed E-state index contributed by atoms with van der Waals surface area (Å²) in [5.41, 5.74) is 0.928. The Morgan fingerprint density at radius 2 is 1.71 bits per heavy atom. The molecule has 1 heterocycles. The van der Waals surface area contributed by atoms with Crippen molar-refractivity contribution in [2.75, 3.05) is 34.4 Å².